The SMILES string of the molecule is CCCCNC(=O)/C(N)=C(\SNc1ccc(CCN2CCCC2)cc1)N(CC)C(C)=O. The van der Waals surface area contributed by atoms with E-state index in [-0.39, 0.29) is 17.5 Å². The highest BCUT2D eigenvalue weighted by atomic mass is 32.2. The third-order valence-corrected chi connectivity index (χ3v) is 6.34. The number of hydrogen-bond donors (Lipinski definition) is 3. The van der Waals surface area contributed by atoms with Crippen molar-refractivity contribution in [3.8, 4) is 0 Å². The molecule has 2 rings (SSSR count). The second-order valence-corrected chi connectivity index (χ2v) is 8.59. The van der Waals surface area contributed by atoms with Crippen molar-refractivity contribution in [2.24, 2.45) is 5.73 Å². The Labute approximate surface area is 190 Å². The summed E-state index contributed by atoms with van der Waals surface area (Å²) < 4.78 is 3.24. The molecule has 4 N–H and O–H groups in total. The molecule has 1 heterocycles. The zero-order chi connectivity index (χ0) is 22.6. The summed E-state index contributed by atoms with van der Waals surface area (Å²) in [6.07, 6.45) is 5.52. The van der Waals surface area contributed by atoms with Crippen LogP contribution in [-0.2, 0) is 16.0 Å². The van der Waals surface area contributed by atoms with Crippen LogP contribution in [0.4, 0.5) is 5.69 Å². The number of amides is 2. The molecule has 1 fully saturated rings. The van der Waals surface area contributed by atoms with E-state index in [1.165, 1.54) is 55.3 Å². The Hall–Kier alpha value is -2.19. The molecular formula is C23H37N5O2S. The summed E-state index contributed by atoms with van der Waals surface area (Å²) >= 11 is 1.19. The van der Waals surface area contributed by atoms with Crippen LogP contribution < -0.4 is 15.8 Å². The van der Waals surface area contributed by atoms with Crippen LogP contribution >= 0.6 is 11.9 Å². The molecule has 0 spiro atoms. The highest BCUT2D eigenvalue weighted by Crippen LogP contribution is 2.25. The number of anilines is 1. The maximum absolute atomic E-state index is 12.5. The van der Waals surface area contributed by atoms with E-state index in [0.717, 1.165) is 31.5 Å². The van der Waals surface area contributed by atoms with Gasteiger partial charge in [-0.2, -0.15) is 0 Å². The van der Waals surface area contributed by atoms with Gasteiger partial charge in [0.25, 0.3) is 5.91 Å². The Kier molecular flexibility index (Phi) is 10.7. The monoisotopic (exact) mass is 447 g/mol. The number of hydrogen-bond acceptors (Lipinski definition) is 6. The van der Waals surface area contributed by atoms with E-state index in [1.807, 2.05) is 19.1 Å². The van der Waals surface area contributed by atoms with Crippen LogP contribution in [0.2, 0.25) is 0 Å². The first-order valence-corrected chi connectivity index (χ1v) is 12.1. The number of unbranched alkanes of at least 4 members (excludes halogenated alkanes) is 1. The van der Waals surface area contributed by atoms with E-state index in [0.29, 0.717) is 18.1 Å². The number of nitrogens with one attached hydrogen (secondary N) is 2. The molecule has 7 nitrogen and oxygen atoms in total. The number of benzene rings is 1. The lowest BCUT2D eigenvalue weighted by Crippen LogP contribution is -2.35. The van der Waals surface area contributed by atoms with Crippen molar-refractivity contribution >= 4 is 29.4 Å². The smallest absolute Gasteiger partial charge is 0.269 e. The Balaban J connectivity index is 2.02. The van der Waals surface area contributed by atoms with Gasteiger partial charge in [-0.25, -0.2) is 0 Å². The average molecular weight is 448 g/mol. The second-order valence-electron chi connectivity index (χ2n) is 7.79. The summed E-state index contributed by atoms with van der Waals surface area (Å²) in [5.41, 5.74) is 8.40. The first-order valence-electron chi connectivity index (χ1n) is 11.3. The van der Waals surface area contributed by atoms with Gasteiger partial charge in [-0.1, -0.05) is 25.5 Å². The van der Waals surface area contributed by atoms with Gasteiger partial charge in [0.15, 0.2) is 0 Å². The summed E-state index contributed by atoms with van der Waals surface area (Å²) in [6, 6.07) is 8.27. The number of carbonyl (C=O) groups excluding carboxylic acids is 2. The van der Waals surface area contributed by atoms with E-state index in [4.69, 9.17) is 5.73 Å². The molecular weight excluding hydrogens is 410 g/mol. The molecule has 172 valence electrons. The van der Waals surface area contributed by atoms with Gasteiger partial charge < -0.3 is 25.6 Å². The minimum atomic E-state index is -0.352. The van der Waals surface area contributed by atoms with E-state index in [1.54, 1.807) is 0 Å². The lowest BCUT2D eigenvalue weighted by atomic mass is 10.1. The molecule has 2 amide bonds. The van der Waals surface area contributed by atoms with E-state index < -0.39 is 0 Å². The predicted octanol–water partition coefficient (Wildman–Crippen LogP) is 3.30. The summed E-state index contributed by atoms with van der Waals surface area (Å²) in [6.45, 7) is 9.90. The van der Waals surface area contributed by atoms with Crippen LogP contribution in [0.15, 0.2) is 35.0 Å². The Bertz CT molecular complexity index is 745. The number of carbonyl (C=O) groups is 2. The number of rotatable bonds is 12. The topological polar surface area (TPSA) is 90.7 Å². The van der Waals surface area contributed by atoms with Gasteiger partial charge in [0.05, 0.1) is 0 Å². The van der Waals surface area contributed by atoms with Crippen molar-refractivity contribution in [1.29, 1.82) is 0 Å². The van der Waals surface area contributed by atoms with Crippen molar-refractivity contribution < 1.29 is 9.59 Å². The molecule has 0 saturated carbocycles. The molecule has 8 heteroatoms. The molecule has 0 atom stereocenters. The molecule has 31 heavy (non-hydrogen) atoms. The Morgan fingerprint density at radius 1 is 1.16 bits per heavy atom. The minimum absolute atomic E-state index is 0.0490. The molecule has 0 aliphatic carbocycles. The average Bonchev–Trinajstić information content (AvgIpc) is 3.29. The van der Waals surface area contributed by atoms with Gasteiger partial charge >= 0.3 is 0 Å². The largest absolute Gasteiger partial charge is 0.392 e. The summed E-state index contributed by atoms with van der Waals surface area (Å²) in [7, 11) is 0. The molecule has 0 radical (unpaired) electrons. The fourth-order valence-corrected chi connectivity index (χ4v) is 4.40. The van der Waals surface area contributed by atoms with Gasteiger partial charge in [-0.3, -0.25) is 9.59 Å². The van der Waals surface area contributed by atoms with Crippen LogP contribution in [0.25, 0.3) is 0 Å². The van der Waals surface area contributed by atoms with Gasteiger partial charge in [0, 0.05) is 44.2 Å². The fraction of sp³-hybridized carbons (Fsp3) is 0.565. The molecule has 0 bridgehead atoms. The highest BCUT2D eigenvalue weighted by Gasteiger charge is 2.21. The fourth-order valence-electron chi connectivity index (χ4n) is 3.48. The Morgan fingerprint density at radius 3 is 2.42 bits per heavy atom. The first kappa shape index (κ1) is 25.1. The predicted molar refractivity (Wildman–Crippen MR) is 129 cm³/mol. The third-order valence-electron chi connectivity index (χ3n) is 5.37. The quantitative estimate of drug-likeness (QED) is 0.259. The van der Waals surface area contributed by atoms with Crippen molar-refractivity contribution in [3.63, 3.8) is 0 Å². The highest BCUT2D eigenvalue weighted by molar-refractivity contribution is 8.04. The van der Waals surface area contributed by atoms with E-state index >= 15 is 0 Å². The van der Waals surface area contributed by atoms with E-state index in [2.05, 4.69) is 34.0 Å². The zero-order valence-corrected chi connectivity index (χ0v) is 19.9. The normalized spacial score (nSPS) is 14.8. The molecule has 1 saturated heterocycles. The number of likely N-dealkylation sites (tertiary alicyclic amines) is 1. The molecule has 1 aromatic rings. The number of nitrogens with zero attached hydrogens (tertiary/aromatic N) is 2. The minimum Gasteiger partial charge on any atom is -0.392 e. The van der Waals surface area contributed by atoms with E-state index in [9.17, 15) is 9.59 Å². The molecule has 1 aliphatic rings. The van der Waals surface area contributed by atoms with Gasteiger partial charge in [0.2, 0.25) is 5.91 Å². The maximum Gasteiger partial charge on any atom is 0.269 e. The second kappa shape index (κ2) is 13.3. The lowest BCUT2D eigenvalue weighted by molar-refractivity contribution is -0.126. The van der Waals surface area contributed by atoms with Crippen LogP contribution in [0.1, 0.15) is 52.0 Å². The van der Waals surface area contributed by atoms with Crippen molar-refractivity contribution in [1.82, 2.24) is 15.1 Å². The van der Waals surface area contributed by atoms with Crippen molar-refractivity contribution in [3.05, 3.63) is 40.6 Å². The van der Waals surface area contributed by atoms with Crippen molar-refractivity contribution in [2.75, 3.05) is 37.4 Å². The number of nitrogens with two attached hydrogens (primary N) is 1. The third kappa shape index (κ3) is 8.10. The molecule has 1 aliphatic heterocycles. The van der Waals surface area contributed by atoms with Gasteiger partial charge in [-0.15, -0.1) is 0 Å². The first-order chi connectivity index (χ1) is 15.0. The zero-order valence-electron chi connectivity index (χ0n) is 19.1. The van der Waals surface area contributed by atoms with Crippen molar-refractivity contribution in [2.45, 2.75) is 52.9 Å². The van der Waals surface area contributed by atoms with Crippen LogP contribution in [0.3, 0.4) is 0 Å². The molecule has 0 unspecified atom stereocenters. The molecule has 1 aromatic carbocycles. The Morgan fingerprint density at radius 2 is 1.84 bits per heavy atom. The maximum atomic E-state index is 12.5. The summed E-state index contributed by atoms with van der Waals surface area (Å²) in [5, 5.41) is 3.24. The van der Waals surface area contributed by atoms with Gasteiger partial charge in [-0.05, 0) is 63.4 Å². The molecule has 0 aromatic heterocycles. The summed E-state index contributed by atoms with van der Waals surface area (Å²) in [4.78, 5) is 28.6. The van der Waals surface area contributed by atoms with Crippen LogP contribution in [-0.4, -0.2) is 54.3 Å². The van der Waals surface area contributed by atoms with Crippen LogP contribution in [0.5, 0.6) is 0 Å². The van der Waals surface area contributed by atoms with Crippen LogP contribution in [0, 0.1) is 0 Å². The lowest BCUT2D eigenvalue weighted by Gasteiger charge is -2.24. The standard InChI is InChI=1S/C23H37N5O2S/c1-4-6-14-25-22(30)21(24)23(28(5-2)18(3)29)31-26-20-11-9-19(10-12-20)13-17-27-15-7-8-16-27/h9-12,26H,4-8,13-17,24H2,1-3H3,(H,25,30)/b23-21+. The summed E-state index contributed by atoms with van der Waals surface area (Å²) in [5.74, 6) is -0.511. The van der Waals surface area contributed by atoms with Gasteiger partial charge in [0.1, 0.15) is 10.7 Å².